The molecule has 1 unspecified atom stereocenters. The number of ether oxygens (including phenoxy) is 1. The molecule has 0 amide bonds. The largest absolute Gasteiger partial charge is 0.494 e. The zero-order valence-electron chi connectivity index (χ0n) is 10.2. The van der Waals surface area contributed by atoms with Crippen molar-refractivity contribution in [2.45, 2.75) is 5.92 Å². The summed E-state index contributed by atoms with van der Waals surface area (Å²) in [4.78, 5) is 15.3. The molecule has 2 aromatic rings. The minimum Gasteiger partial charge on any atom is -0.494 e. The van der Waals surface area contributed by atoms with Gasteiger partial charge >= 0.3 is 5.97 Å². The first-order valence-corrected chi connectivity index (χ1v) is 5.59. The average molecular weight is 261 g/mol. The zero-order valence-corrected chi connectivity index (χ0v) is 10.2. The van der Waals surface area contributed by atoms with Crippen LogP contribution in [0.15, 0.2) is 42.7 Å². The van der Waals surface area contributed by atoms with Gasteiger partial charge < -0.3 is 9.84 Å². The number of nitrogens with zero attached hydrogens (tertiary/aromatic N) is 1. The number of halogens is 1. The van der Waals surface area contributed by atoms with Gasteiger partial charge in [0.1, 0.15) is 5.92 Å². The number of rotatable bonds is 4. The van der Waals surface area contributed by atoms with Crippen LogP contribution in [0.3, 0.4) is 0 Å². The van der Waals surface area contributed by atoms with E-state index in [1.165, 1.54) is 31.5 Å². The van der Waals surface area contributed by atoms with Crippen LogP contribution in [0.25, 0.3) is 0 Å². The lowest BCUT2D eigenvalue weighted by molar-refractivity contribution is -0.137. The van der Waals surface area contributed by atoms with E-state index in [-0.39, 0.29) is 5.75 Å². The molecule has 0 radical (unpaired) electrons. The molecule has 98 valence electrons. The Morgan fingerprint density at radius 1 is 1.37 bits per heavy atom. The van der Waals surface area contributed by atoms with Gasteiger partial charge in [-0.05, 0) is 29.3 Å². The van der Waals surface area contributed by atoms with Crippen LogP contribution in [-0.2, 0) is 4.79 Å². The molecule has 0 bridgehead atoms. The Morgan fingerprint density at radius 3 is 2.68 bits per heavy atom. The predicted molar refractivity (Wildman–Crippen MR) is 66.7 cm³/mol. The van der Waals surface area contributed by atoms with Crippen LogP contribution in [-0.4, -0.2) is 23.2 Å². The summed E-state index contributed by atoms with van der Waals surface area (Å²) >= 11 is 0. The molecule has 0 fully saturated rings. The molecule has 1 aromatic heterocycles. The van der Waals surface area contributed by atoms with Gasteiger partial charge in [0.05, 0.1) is 7.11 Å². The molecule has 0 aliphatic carbocycles. The maximum Gasteiger partial charge on any atom is 0.315 e. The van der Waals surface area contributed by atoms with E-state index in [0.717, 1.165) is 0 Å². The number of carboxylic acid groups (broad SMARTS) is 1. The van der Waals surface area contributed by atoms with Crippen LogP contribution in [0.4, 0.5) is 4.39 Å². The van der Waals surface area contributed by atoms with Crippen LogP contribution < -0.4 is 4.74 Å². The molecular weight excluding hydrogens is 249 g/mol. The molecule has 1 aromatic carbocycles. The van der Waals surface area contributed by atoms with Gasteiger partial charge in [-0.2, -0.15) is 0 Å². The lowest BCUT2D eigenvalue weighted by Gasteiger charge is -2.13. The summed E-state index contributed by atoms with van der Waals surface area (Å²) < 4.78 is 18.5. The Morgan fingerprint density at radius 2 is 2.16 bits per heavy atom. The number of benzene rings is 1. The van der Waals surface area contributed by atoms with E-state index in [9.17, 15) is 14.3 Å². The summed E-state index contributed by atoms with van der Waals surface area (Å²) in [6.45, 7) is 0. The summed E-state index contributed by atoms with van der Waals surface area (Å²) in [6.07, 6.45) is 3.01. The second-order valence-corrected chi connectivity index (χ2v) is 3.95. The number of hydrogen-bond donors (Lipinski definition) is 1. The minimum absolute atomic E-state index is 0.0825. The zero-order chi connectivity index (χ0) is 13.8. The van der Waals surface area contributed by atoms with Crippen molar-refractivity contribution in [3.05, 3.63) is 59.7 Å². The van der Waals surface area contributed by atoms with Crippen LogP contribution in [0, 0.1) is 5.82 Å². The SMILES string of the molecule is COc1ccc(C(C(=O)O)c2cccnc2)cc1F. The Bertz CT molecular complexity index is 586. The fourth-order valence-corrected chi connectivity index (χ4v) is 1.89. The lowest BCUT2D eigenvalue weighted by Crippen LogP contribution is -2.13. The summed E-state index contributed by atoms with van der Waals surface area (Å²) in [5.74, 6) is -2.51. The normalized spacial score (nSPS) is 11.9. The standard InChI is InChI=1S/C14H12FNO3/c1-19-12-5-4-9(7-11(12)15)13(14(17)18)10-3-2-6-16-8-10/h2-8,13H,1H3,(H,17,18). The third kappa shape index (κ3) is 2.70. The molecule has 0 aliphatic heterocycles. The summed E-state index contributed by atoms with van der Waals surface area (Å²) in [6, 6.07) is 7.41. The van der Waals surface area contributed by atoms with Gasteiger partial charge in [0, 0.05) is 12.4 Å². The van der Waals surface area contributed by atoms with Crippen molar-refractivity contribution < 1.29 is 19.0 Å². The Hall–Kier alpha value is -2.43. The molecule has 5 heteroatoms. The fourth-order valence-electron chi connectivity index (χ4n) is 1.89. The molecule has 0 spiro atoms. The van der Waals surface area contributed by atoms with Crippen molar-refractivity contribution in [2.75, 3.05) is 7.11 Å². The number of carboxylic acids is 1. The highest BCUT2D eigenvalue weighted by molar-refractivity contribution is 5.80. The van der Waals surface area contributed by atoms with Crippen molar-refractivity contribution in [3.63, 3.8) is 0 Å². The highest BCUT2D eigenvalue weighted by Gasteiger charge is 2.23. The number of methoxy groups -OCH3 is 1. The van der Waals surface area contributed by atoms with E-state index in [0.29, 0.717) is 11.1 Å². The second kappa shape index (κ2) is 5.48. The third-order valence-electron chi connectivity index (χ3n) is 2.77. The van der Waals surface area contributed by atoms with E-state index in [4.69, 9.17) is 4.74 Å². The predicted octanol–water partition coefficient (Wildman–Crippen LogP) is 2.45. The van der Waals surface area contributed by atoms with Gasteiger partial charge in [0.15, 0.2) is 11.6 Å². The number of hydrogen-bond acceptors (Lipinski definition) is 3. The van der Waals surface area contributed by atoms with Crippen molar-refractivity contribution in [1.29, 1.82) is 0 Å². The number of aromatic nitrogens is 1. The quantitative estimate of drug-likeness (QED) is 0.918. The smallest absolute Gasteiger partial charge is 0.315 e. The Balaban J connectivity index is 2.46. The molecule has 2 rings (SSSR count). The van der Waals surface area contributed by atoms with E-state index in [1.807, 2.05) is 0 Å². The van der Waals surface area contributed by atoms with E-state index in [2.05, 4.69) is 4.98 Å². The van der Waals surface area contributed by atoms with Crippen LogP contribution in [0.1, 0.15) is 17.0 Å². The number of pyridine rings is 1. The topological polar surface area (TPSA) is 59.4 Å². The highest BCUT2D eigenvalue weighted by Crippen LogP contribution is 2.28. The fraction of sp³-hybridized carbons (Fsp3) is 0.143. The van der Waals surface area contributed by atoms with Crippen molar-refractivity contribution in [1.82, 2.24) is 4.98 Å². The van der Waals surface area contributed by atoms with Gasteiger partial charge in [-0.25, -0.2) is 4.39 Å². The highest BCUT2D eigenvalue weighted by atomic mass is 19.1. The van der Waals surface area contributed by atoms with Gasteiger partial charge in [0.2, 0.25) is 0 Å². The molecule has 0 saturated heterocycles. The molecule has 1 N–H and O–H groups in total. The molecule has 0 aliphatic rings. The molecule has 4 nitrogen and oxygen atoms in total. The monoisotopic (exact) mass is 261 g/mol. The summed E-state index contributed by atoms with van der Waals surface area (Å²) in [7, 11) is 1.36. The van der Waals surface area contributed by atoms with Crippen LogP contribution >= 0.6 is 0 Å². The first-order chi connectivity index (χ1) is 9.13. The van der Waals surface area contributed by atoms with Crippen molar-refractivity contribution >= 4 is 5.97 Å². The maximum absolute atomic E-state index is 13.7. The summed E-state index contributed by atoms with van der Waals surface area (Å²) in [5, 5.41) is 9.32. The van der Waals surface area contributed by atoms with E-state index in [1.54, 1.807) is 18.3 Å². The van der Waals surface area contributed by atoms with Gasteiger partial charge in [-0.15, -0.1) is 0 Å². The van der Waals surface area contributed by atoms with Gasteiger partial charge in [0.25, 0.3) is 0 Å². The van der Waals surface area contributed by atoms with Crippen molar-refractivity contribution in [3.8, 4) is 5.75 Å². The van der Waals surface area contributed by atoms with E-state index >= 15 is 0 Å². The third-order valence-corrected chi connectivity index (χ3v) is 2.77. The van der Waals surface area contributed by atoms with Gasteiger partial charge in [-0.3, -0.25) is 9.78 Å². The van der Waals surface area contributed by atoms with Crippen LogP contribution in [0.5, 0.6) is 5.75 Å². The Labute approximate surface area is 109 Å². The molecule has 1 atom stereocenters. The number of aliphatic carboxylic acids is 1. The average Bonchev–Trinajstić information content (AvgIpc) is 2.40. The first kappa shape index (κ1) is 13.0. The van der Waals surface area contributed by atoms with Gasteiger partial charge in [-0.1, -0.05) is 12.1 Å². The second-order valence-electron chi connectivity index (χ2n) is 3.95. The first-order valence-electron chi connectivity index (χ1n) is 5.59. The van der Waals surface area contributed by atoms with Crippen molar-refractivity contribution in [2.24, 2.45) is 0 Å². The summed E-state index contributed by atoms with van der Waals surface area (Å²) in [5.41, 5.74) is 0.846. The Kier molecular flexibility index (Phi) is 3.75. The number of carbonyl (C=O) groups is 1. The maximum atomic E-state index is 13.7. The van der Waals surface area contributed by atoms with E-state index < -0.39 is 17.7 Å². The molecule has 1 heterocycles. The lowest BCUT2D eigenvalue weighted by atomic mass is 9.92. The minimum atomic E-state index is -1.06. The molecule has 19 heavy (non-hydrogen) atoms. The molecular formula is C14H12FNO3. The molecule has 0 saturated carbocycles. The van der Waals surface area contributed by atoms with Crippen LogP contribution in [0.2, 0.25) is 0 Å².